The highest BCUT2D eigenvalue weighted by Crippen LogP contribution is 2.29. The lowest BCUT2D eigenvalue weighted by atomic mass is 9.88. The zero-order chi connectivity index (χ0) is 12.1. The van der Waals surface area contributed by atoms with Crippen LogP contribution < -0.4 is 5.73 Å². The molecule has 2 atom stereocenters. The number of nitrogens with two attached hydrogens (primary N) is 1. The van der Waals surface area contributed by atoms with Crippen LogP contribution in [0, 0.1) is 0 Å². The fourth-order valence-electron chi connectivity index (χ4n) is 2.05. The lowest BCUT2D eigenvalue weighted by Gasteiger charge is -2.21. The number of hydrogen-bond acceptors (Lipinski definition) is 1. The molecule has 1 nitrogen and oxygen atoms in total. The summed E-state index contributed by atoms with van der Waals surface area (Å²) in [5.74, 6) is 0.151. The molecular formula is C16H17N. The van der Waals surface area contributed by atoms with Gasteiger partial charge in [0.25, 0.3) is 0 Å². The maximum absolute atomic E-state index is 6.31. The molecule has 0 saturated carbocycles. The fourth-order valence-corrected chi connectivity index (χ4v) is 2.05. The monoisotopic (exact) mass is 223 g/mol. The summed E-state index contributed by atoms with van der Waals surface area (Å²) in [6, 6.07) is 20.4. The van der Waals surface area contributed by atoms with Crippen molar-refractivity contribution in [3.63, 3.8) is 0 Å². The molecule has 2 rings (SSSR count). The van der Waals surface area contributed by atoms with Crippen molar-refractivity contribution in [2.45, 2.75) is 12.0 Å². The third kappa shape index (κ3) is 2.63. The Morgan fingerprint density at radius 3 is 1.76 bits per heavy atom. The molecular weight excluding hydrogens is 206 g/mol. The van der Waals surface area contributed by atoms with E-state index in [1.165, 1.54) is 5.56 Å². The minimum atomic E-state index is -0.0453. The van der Waals surface area contributed by atoms with Crippen molar-refractivity contribution >= 4 is 0 Å². The lowest BCUT2D eigenvalue weighted by Crippen LogP contribution is -2.18. The Morgan fingerprint density at radius 1 is 0.824 bits per heavy atom. The number of rotatable bonds is 4. The smallest absolute Gasteiger partial charge is 0.0399 e. The summed E-state index contributed by atoms with van der Waals surface area (Å²) in [6.07, 6.45) is 1.92. The second-order valence-corrected chi connectivity index (χ2v) is 4.11. The van der Waals surface area contributed by atoms with Crippen LogP contribution in [0.5, 0.6) is 0 Å². The first-order valence-corrected chi connectivity index (χ1v) is 5.81. The van der Waals surface area contributed by atoms with Crippen LogP contribution in [-0.2, 0) is 0 Å². The zero-order valence-corrected chi connectivity index (χ0v) is 9.79. The van der Waals surface area contributed by atoms with E-state index in [4.69, 9.17) is 5.73 Å². The topological polar surface area (TPSA) is 26.0 Å². The molecule has 2 aromatic carbocycles. The van der Waals surface area contributed by atoms with Gasteiger partial charge < -0.3 is 5.73 Å². The predicted octanol–water partition coefficient (Wildman–Crippen LogP) is 3.66. The van der Waals surface area contributed by atoms with E-state index in [0.29, 0.717) is 0 Å². The van der Waals surface area contributed by atoms with Gasteiger partial charge in [-0.1, -0.05) is 66.7 Å². The van der Waals surface area contributed by atoms with Crippen molar-refractivity contribution in [2.75, 3.05) is 0 Å². The molecule has 0 radical (unpaired) electrons. The second-order valence-electron chi connectivity index (χ2n) is 4.11. The van der Waals surface area contributed by atoms with E-state index in [1.54, 1.807) is 0 Å². The van der Waals surface area contributed by atoms with E-state index in [2.05, 4.69) is 30.8 Å². The summed E-state index contributed by atoms with van der Waals surface area (Å²) in [6.45, 7) is 3.90. The van der Waals surface area contributed by atoms with Gasteiger partial charge in [0.15, 0.2) is 0 Å². The standard InChI is InChI=1S/C16H17N/c1-2-15(13-9-5-3-6-10-13)16(17)14-11-7-4-8-12-14/h2-12,15-16H,1,17H2/t15-,16+/m1/s1. The van der Waals surface area contributed by atoms with Crippen LogP contribution in [0.2, 0.25) is 0 Å². The Bertz CT molecular complexity index is 461. The minimum absolute atomic E-state index is 0.0453. The summed E-state index contributed by atoms with van der Waals surface area (Å²) in [5, 5.41) is 0. The van der Waals surface area contributed by atoms with Crippen LogP contribution in [0.15, 0.2) is 73.3 Å². The average Bonchev–Trinajstić information content (AvgIpc) is 2.42. The number of benzene rings is 2. The highest BCUT2D eigenvalue weighted by atomic mass is 14.6. The molecule has 0 bridgehead atoms. The van der Waals surface area contributed by atoms with Gasteiger partial charge in [0.05, 0.1) is 0 Å². The Kier molecular flexibility index (Phi) is 3.73. The molecule has 17 heavy (non-hydrogen) atoms. The van der Waals surface area contributed by atoms with Crippen LogP contribution in [0.4, 0.5) is 0 Å². The van der Waals surface area contributed by atoms with E-state index in [1.807, 2.05) is 42.5 Å². The quantitative estimate of drug-likeness (QED) is 0.786. The molecule has 0 amide bonds. The molecule has 0 aliphatic heterocycles. The van der Waals surface area contributed by atoms with E-state index in [-0.39, 0.29) is 12.0 Å². The third-order valence-corrected chi connectivity index (χ3v) is 3.01. The van der Waals surface area contributed by atoms with Crippen LogP contribution in [0.1, 0.15) is 23.1 Å². The lowest BCUT2D eigenvalue weighted by molar-refractivity contribution is 0.647. The first-order valence-electron chi connectivity index (χ1n) is 5.81. The van der Waals surface area contributed by atoms with Gasteiger partial charge in [0.1, 0.15) is 0 Å². The molecule has 86 valence electrons. The molecule has 2 aromatic rings. The molecule has 1 heteroatoms. The summed E-state index contributed by atoms with van der Waals surface area (Å²) in [4.78, 5) is 0. The summed E-state index contributed by atoms with van der Waals surface area (Å²) in [7, 11) is 0. The highest BCUT2D eigenvalue weighted by molar-refractivity contribution is 5.30. The first kappa shape index (κ1) is 11.6. The van der Waals surface area contributed by atoms with Crippen molar-refractivity contribution in [3.05, 3.63) is 84.4 Å². The van der Waals surface area contributed by atoms with Gasteiger partial charge in [-0.2, -0.15) is 0 Å². The largest absolute Gasteiger partial charge is 0.323 e. The molecule has 0 aliphatic rings. The van der Waals surface area contributed by atoms with Gasteiger partial charge >= 0.3 is 0 Å². The second kappa shape index (κ2) is 5.46. The van der Waals surface area contributed by atoms with Crippen molar-refractivity contribution in [1.82, 2.24) is 0 Å². The Labute approximate surface area is 103 Å². The molecule has 0 spiro atoms. The normalized spacial score (nSPS) is 13.9. The third-order valence-electron chi connectivity index (χ3n) is 3.01. The van der Waals surface area contributed by atoms with E-state index < -0.39 is 0 Å². The van der Waals surface area contributed by atoms with Gasteiger partial charge in [-0.3, -0.25) is 0 Å². The van der Waals surface area contributed by atoms with Gasteiger partial charge in [-0.15, -0.1) is 6.58 Å². The average molecular weight is 223 g/mol. The van der Waals surface area contributed by atoms with E-state index in [9.17, 15) is 0 Å². The molecule has 2 N–H and O–H groups in total. The Hall–Kier alpha value is -1.86. The van der Waals surface area contributed by atoms with Crippen LogP contribution in [-0.4, -0.2) is 0 Å². The van der Waals surface area contributed by atoms with Gasteiger partial charge in [0, 0.05) is 12.0 Å². The van der Waals surface area contributed by atoms with Crippen molar-refractivity contribution in [1.29, 1.82) is 0 Å². The van der Waals surface area contributed by atoms with Crippen LogP contribution in [0.25, 0.3) is 0 Å². The van der Waals surface area contributed by atoms with E-state index in [0.717, 1.165) is 5.56 Å². The summed E-state index contributed by atoms with van der Waals surface area (Å²) in [5.41, 5.74) is 8.66. The predicted molar refractivity (Wildman–Crippen MR) is 72.8 cm³/mol. The molecule has 0 fully saturated rings. The van der Waals surface area contributed by atoms with Crippen LogP contribution >= 0.6 is 0 Å². The SMILES string of the molecule is C=C[C@H](c1ccccc1)[C@@H](N)c1ccccc1. The summed E-state index contributed by atoms with van der Waals surface area (Å²) < 4.78 is 0. The van der Waals surface area contributed by atoms with Gasteiger partial charge in [0.2, 0.25) is 0 Å². The maximum atomic E-state index is 6.31. The minimum Gasteiger partial charge on any atom is -0.323 e. The molecule has 0 heterocycles. The first-order chi connectivity index (χ1) is 8.33. The Morgan fingerprint density at radius 2 is 1.29 bits per heavy atom. The van der Waals surface area contributed by atoms with E-state index >= 15 is 0 Å². The summed E-state index contributed by atoms with van der Waals surface area (Å²) >= 11 is 0. The maximum Gasteiger partial charge on any atom is 0.0399 e. The molecule has 0 unspecified atom stereocenters. The molecule has 0 saturated heterocycles. The van der Waals surface area contributed by atoms with Crippen molar-refractivity contribution in [2.24, 2.45) is 5.73 Å². The molecule has 0 aliphatic carbocycles. The van der Waals surface area contributed by atoms with Gasteiger partial charge in [-0.05, 0) is 11.1 Å². The zero-order valence-electron chi connectivity index (χ0n) is 9.79. The van der Waals surface area contributed by atoms with Gasteiger partial charge in [-0.25, -0.2) is 0 Å². The van der Waals surface area contributed by atoms with Crippen molar-refractivity contribution < 1.29 is 0 Å². The molecule has 0 aromatic heterocycles. The fraction of sp³-hybridized carbons (Fsp3) is 0.125. The highest BCUT2D eigenvalue weighted by Gasteiger charge is 2.17. The van der Waals surface area contributed by atoms with Crippen molar-refractivity contribution in [3.8, 4) is 0 Å². The Balaban J connectivity index is 2.28. The number of hydrogen-bond donors (Lipinski definition) is 1. The van der Waals surface area contributed by atoms with Crippen LogP contribution in [0.3, 0.4) is 0 Å².